The zero-order chi connectivity index (χ0) is 22.2. The molecule has 0 radical (unpaired) electrons. The Morgan fingerprint density at radius 3 is 2.33 bits per heavy atom. The fourth-order valence-electron chi connectivity index (χ4n) is 2.77. The second-order valence-corrected chi connectivity index (χ2v) is 8.48. The van der Waals surface area contributed by atoms with Gasteiger partial charge in [0.2, 0.25) is 11.8 Å². The molecule has 0 spiro atoms. The second-order valence-electron chi connectivity index (χ2n) is 7.64. The lowest BCUT2D eigenvalue weighted by atomic mass is 9.96. The summed E-state index contributed by atoms with van der Waals surface area (Å²) in [6.07, 6.45) is 0. The van der Waals surface area contributed by atoms with Gasteiger partial charge in [0, 0.05) is 15.8 Å². The summed E-state index contributed by atoms with van der Waals surface area (Å²) in [4.78, 5) is 37.9. The molecule has 0 aliphatic heterocycles. The molecule has 7 nitrogen and oxygen atoms in total. The third-order valence-corrected chi connectivity index (χ3v) is 4.91. The maximum absolute atomic E-state index is 12.9. The molecule has 0 bridgehead atoms. The molecule has 0 fully saturated rings. The average molecular weight is 448 g/mol. The van der Waals surface area contributed by atoms with E-state index in [1.807, 2.05) is 0 Å². The number of anilines is 1. The normalized spacial score (nSPS) is 11.4. The van der Waals surface area contributed by atoms with Crippen molar-refractivity contribution >= 4 is 57.6 Å². The van der Waals surface area contributed by atoms with Crippen LogP contribution in [0.5, 0.6) is 5.88 Å². The van der Waals surface area contributed by atoms with Crippen molar-refractivity contribution < 1.29 is 19.5 Å². The summed E-state index contributed by atoms with van der Waals surface area (Å²) in [5.41, 5.74) is -0.397. The van der Waals surface area contributed by atoms with Crippen LogP contribution in [0, 0.1) is 5.41 Å². The quantitative estimate of drug-likeness (QED) is 0.512. The van der Waals surface area contributed by atoms with Gasteiger partial charge >= 0.3 is 6.03 Å². The molecule has 1 heterocycles. The molecule has 3 amide bonds. The van der Waals surface area contributed by atoms with Crippen LogP contribution in [0.1, 0.15) is 31.1 Å². The van der Waals surface area contributed by atoms with E-state index in [-0.39, 0.29) is 21.8 Å². The maximum Gasteiger partial charge on any atom is 0.335 e. The predicted octanol–water partition coefficient (Wildman–Crippen LogP) is 5.04. The number of aromatic hydroxyl groups is 1. The number of imide groups is 1. The highest BCUT2D eigenvalue weighted by Crippen LogP contribution is 2.33. The molecule has 3 aromatic rings. The van der Waals surface area contributed by atoms with Gasteiger partial charge in [-0.3, -0.25) is 14.9 Å². The van der Waals surface area contributed by atoms with Crippen LogP contribution in [0.2, 0.25) is 10.0 Å². The van der Waals surface area contributed by atoms with E-state index in [9.17, 15) is 19.5 Å². The molecule has 156 valence electrons. The van der Waals surface area contributed by atoms with E-state index in [1.54, 1.807) is 51.1 Å². The number of rotatable bonds is 2. The van der Waals surface area contributed by atoms with Crippen molar-refractivity contribution in [2.75, 3.05) is 5.32 Å². The number of nitrogens with zero attached hydrogens (tertiary/aromatic N) is 1. The zero-order valence-electron chi connectivity index (χ0n) is 16.4. The van der Waals surface area contributed by atoms with Crippen LogP contribution in [0.25, 0.3) is 10.9 Å². The molecule has 2 aromatic carbocycles. The Balaban J connectivity index is 2.04. The Bertz CT molecular complexity index is 1180. The van der Waals surface area contributed by atoms with Gasteiger partial charge in [0.15, 0.2) is 0 Å². The molecule has 0 saturated carbocycles. The molecule has 0 aliphatic rings. The van der Waals surface area contributed by atoms with Gasteiger partial charge in [-0.25, -0.2) is 9.36 Å². The van der Waals surface area contributed by atoms with Crippen molar-refractivity contribution in [2.24, 2.45) is 5.41 Å². The standard InChI is InChI=1S/C21H19Cl2N3O4/c1-21(2,3)19(29)25-20(30)26-15-7-5-4-6-12(15)16(18(26)28)17(27)24-14-9-8-11(22)10-13(14)23/h4-10,28H,1-3H3,(H,24,27)(H,25,29,30). The molecule has 0 aliphatic carbocycles. The van der Waals surface area contributed by atoms with E-state index >= 15 is 0 Å². The van der Waals surface area contributed by atoms with Gasteiger partial charge in [0.1, 0.15) is 5.56 Å². The van der Waals surface area contributed by atoms with Crippen molar-refractivity contribution in [2.45, 2.75) is 20.8 Å². The van der Waals surface area contributed by atoms with Crippen molar-refractivity contribution in [3.63, 3.8) is 0 Å². The largest absolute Gasteiger partial charge is 0.494 e. The smallest absolute Gasteiger partial charge is 0.335 e. The Morgan fingerprint density at radius 2 is 1.70 bits per heavy atom. The topological polar surface area (TPSA) is 100 Å². The SMILES string of the molecule is CC(C)(C)C(=O)NC(=O)n1c(O)c(C(=O)Nc2ccc(Cl)cc2Cl)c2ccccc21. The summed E-state index contributed by atoms with van der Waals surface area (Å²) in [6, 6.07) is 10.1. The molecule has 0 atom stereocenters. The third-order valence-electron chi connectivity index (χ3n) is 4.36. The van der Waals surface area contributed by atoms with Gasteiger partial charge in [-0.15, -0.1) is 0 Å². The Morgan fingerprint density at radius 1 is 1.03 bits per heavy atom. The number of aromatic nitrogens is 1. The van der Waals surface area contributed by atoms with E-state index in [0.29, 0.717) is 10.4 Å². The Hall–Kier alpha value is -3.03. The lowest BCUT2D eigenvalue weighted by Crippen LogP contribution is -2.41. The number of hydrogen-bond acceptors (Lipinski definition) is 4. The second kappa shape index (κ2) is 8.01. The van der Waals surface area contributed by atoms with Gasteiger partial charge in [-0.05, 0) is 24.3 Å². The van der Waals surface area contributed by atoms with Crippen LogP contribution in [0.3, 0.4) is 0 Å². The number of benzene rings is 2. The van der Waals surface area contributed by atoms with Crippen LogP contribution < -0.4 is 10.6 Å². The van der Waals surface area contributed by atoms with Crippen molar-refractivity contribution in [3.05, 3.63) is 58.1 Å². The highest BCUT2D eigenvalue weighted by atomic mass is 35.5. The fraction of sp³-hybridized carbons (Fsp3) is 0.190. The monoisotopic (exact) mass is 447 g/mol. The first-order valence-corrected chi connectivity index (χ1v) is 9.71. The molecule has 0 saturated heterocycles. The summed E-state index contributed by atoms with van der Waals surface area (Å²) in [6.45, 7) is 4.95. The van der Waals surface area contributed by atoms with Crippen LogP contribution in [-0.2, 0) is 4.79 Å². The summed E-state index contributed by atoms with van der Waals surface area (Å²) in [7, 11) is 0. The number of carbonyl (C=O) groups is 3. The predicted molar refractivity (Wildman–Crippen MR) is 116 cm³/mol. The molecule has 3 rings (SSSR count). The molecular weight excluding hydrogens is 429 g/mol. The fourth-order valence-corrected chi connectivity index (χ4v) is 3.23. The van der Waals surface area contributed by atoms with Gasteiger partial charge in [-0.1, -0.05) is 62.2 Å². The molecule has 9 heteroatoms. The molecule has 3 N–H and O–H groups in total. The van der Waals surface area contributed by atoms with Gasteiger partial charge in [0.25, 0.3) is 5.91 Å². The van der Waals surface area contributed by atoms with E-state index in [0.717, 1.165) is 4.57 Å². The molecule has 0 unspecified atom stereocenters. The summed E-state index contributed by atoms with van der Waals surface area (Å²) >= 11 is 12.0. The van der Waals surface area contributed by atoms with E-state index in [1.165, 1.54) is 12.1 Å². The van der Waals surface area contributed by atoms with Crippen LogP contribution >= 0.6 is 23.2 Å². The first-order valence-electron chi connectivity index (χ1n) is 8.95. The number of hydrogen-bond donors (Lipinski definition) is 3. The lowest BCUT2D eigenvalue weighted by Gasteiger charge is -2.17. The summed E-state index contributed by atoms with van der Waals surface area (Å²) in [5, 5.41) is 16.5. The minimum Gasteiger partial charge on any atom is -0.494 e. The minimum atomic E-state index is -0.868. The van der Waals surface area contributed by atoms with E-state index in [2.05, 4.69) is 10.6 Å². The molecular formula is C21H19Cl2N3O4. The first kappa shape index (κ1) is 21.7. The Labute approximate surface area is 182 Å². The van der Waals surface area contributed by atoms with Gasteiger partial charge < -0.3 is 10.4 Å². The number of amides is 3. The van der Waals surface area contributed by atoms with Crippen molar-refractivity contribution in [1.29, 1.82) is 0 Å². The van der Waals surface area contributed by atoms with E-state index in [4.69, 9.17) is 23.2 Å². The number of fused-ring (bicyclic) bond motifs is 1. The first-order chi connectivity index (χ1) is 14.0. The maximum atomic E-state index is 12.9. The summed E-state index contributed by atoms with van der Waals surface area (Å²) in [5.74, 6) is -1.80. The molecule has 1 aromatic heterocycles. The Kier molecular flexibility index (Phi) is 5.78. The number of carbonyl (C=O) groups excluding carboxylic acids is 3. The van der Waals surface area contributed by atoms with Crippen LogP contribution in [0.15, 0.2) is 42.5 Å². The minimum absolute atomic E-state index is 0.130. The van der Waals surface area contributed by atoms with Gasteiger partial charge in [-0.2, -0.15) is 0 Å². The van der Waals surface area contributed by atoms with Gasteiger partial charge in [0.05, 0.1) is 16.2 Å². The summed E-state index contributed by atoms with van der Waals surface area (Å²) < 4.78 is 0.886. The highest BCUT2D eigenvalue weighted by Gasteiger charge is 2.29. The average Bonchev–Trinajstić information content (AvgIpc) is 2.95. The highest BCUT2D eigenvalue weighted by molar-refractivity contribution is 6.37. The lowest BCUT2D eigenvalue weighted by molar-refractivity contribution is -0.127. The van der Waals surface area contributed by atoms with Crippen LogP contribution in [-0.4, -0.2) is 27.5 Å². The van der Waals surface area contributed by atoms with E-state index < -0.39 is 29.1 Å². The third kappa shape index (κ3) is 4.13. The van der Waals surface area contributed by atoms with Crippen molar-refractivity contribution in [1.82, 2.24) is 9.88 Å². The number of nitrogens with one attached hydrogen (secondary N) is 2. The molecule has 30 heavy (non-hydrogen) atoms. The number of halogens is 2. The number of para-hydroxylation sites is 1. The van der Waals surface area contributed by atoms with Crippen molar-refractivity contribution in [3.8, 4) is 5.88 Å². The zero-order valence-corrected chi connectivity index (χ0v) is 17.9. The van der Waals surface area contributed by atoms with Crippen LogP contribution in [0.4, 0.5) is 10.5 Å².